The first-order chi connectivity index (χ1) is 11.6. The lowest BCUT2D eigenvalue weighted by Crippen LogP contribution is -2.16. The van der Waals surface area contributed by atoms with Crippen LogP contribution in [0.3, 0.4) is 0 Å². The molecule has 0 saturated carbocycles. The van der Waals surface area contributed by atoms with Crippen molar-refractivity contribution in [2.45, 2.75) is 6.54 Å². The van der Waals surface area contributed by atoms with Crippen molar-refractivity contribution in [3.63, 3.8) is 0 Å². The van der Waals surface area contributed by atoms with Gasteiger partial charge in [0.15, 0.2) is 4.80 Å². The van der Waals surface area contributed by atoms with E-state index in [9.17, 15) is 9.18 Å². The van der Waals surface area contributed by atoms with Gasteiger partial charge < -0.3 is 9.30 Å². The van der Waals surface area contributed by atoms with Gasteiger partial charge in [-0.2, -0.15) is 4.99 Å². The molecule has 0 aliphatic carbocycles. The standard InChI is InChI=1S/C18H13FN2O2S/c1-3-9-21-15-8-7-13(19)11-16(15)24-18(21)20-17(22)12-5-4-6-14(10-12)23-2/h1,4-8,10-11H,9H2,2H3. The van der Waals surface area contributed by atoms with Crippen molar-refractivity contribution < 1.29 is 13.9 Å². The Hall–Kier alpha value is -2.91. The fraction of sp³-hybridized carbons (Fsp3) is 0.111. The molecule has 1 amide bonds. The minimum atomic E-state index is -0.410. The zero-order valence-corrected chi connectivity index (χ0v) is 13.6. The van der Waals surface area contributed by atoms with Crippen LogP contribution in [0.1, 0.15) is 10.4 Å². The van der Waals surface area contributed by atoms with Gasteiger partial charge in [0.1, 0.15) is 11.6 Å². The van der Waals surface area contributed by atoms with Crippen LogP contribution in [-0.4, -0.2) is 17.6 Å². The van der Waals surface area contributed by atoms with Gasteiger partial charge in [0.05, 0.1) is 23.9 Å². The number of ether oxygens (including phenoxy) is 1. The number of methoxy groups -OCH3 is 1. The molecule has 3 rings (SSSR count). The second-order valence-corrected chi connectivity index (χ2v) is 5.94. The monoisotopic (exact) mass is 340 g/mol. The highest BCUT2D eigenvalue weighted by Crippen LogP contribution is 2.19. The average molecular weight is 340 g/mol. The van der Waals surface area contributed by atoms with E-state index >= 15 is 0 Å². The maximum Gasteiger partial charge on any atom is 0.279 e. The largest absolute Gasteiger partial charge is 0.497 e. The van der Waals surface area contributed by atoms with E-state index in [4.69, 9.17) is 11.2 Å². The Kier molecular flexibility index (Phi) is 4.45. The second kappa shape index (κ2) is 6.69. The van der Waals surface area contributed by atoms with Crippen LogP contribution < -0.4 is 9.54 Å². The number of benzene rings is 2. The predicted molar refractivity (Wildman–Crippen MR) is 91.5 cm³/mol. The van der Waals surface area contributed by atoms with Crippen LogP contribution >= 0.6 is 11.3 Å². The third kappa shape index (κ3) is 3.07. The maximum absolute atomic E-state index is 13.4. The molecule has 0 radical (unpaired) electrons. The second-order valence-electron chi connectivity index (χ2n) is 4.94. The molecule has 0 unspecified atom stereocenters. The number of nitrogens with zero attached hydrogens (tertiary/aromatic N) is 2. The molecule has 120 valence electrons. The molecule has 6 heteroatoms. The number of fused-ring (bicyclic) bond motifs is 1. The van der Waals surface area contributed by atoms with Crippen LogP contribution in [0.2, 0.25) is 0 Å². The highest BCUT2D eigenvalue weighted by atomic mass is 32.1. The fourth-order valence-electron chi connectivity index (χ4n) is 2.28. The lowest BCUT2D eigenvalue weighted by molar-refractivity contribution is 0.0997. The van der Waals surface area contributed by atoms with Gasteiger partial charge in [0.2, 0.25) is 0 Å². The van der Waals surface area contributed by atoms with Gasteiger partial charge in [-0.1, -0.05) is 23.3 Å². The SMILES string of the molecule is C#CCn1c(=NC(=O)c2cccc(OC)c2)sc2cc(F)ccc21. The van der Waals surface area contributed by atoms with E-state index in [1.165, 1.54) is 30.6 Å². The van der Waals surface area contributed by atoms with E-state index in [1.54, 1.807) is 34.9 Å². The zero-order valence-electron chi connectivity index (χ0n) is 12.8. The lowest BCUT2D eigenvalue weighted by Gasteiger charge is -2.01. The minimum Gasteiger partial charge on any atom is -0.497 e. The van der Waals surface area contributed by atoms with Crippen molar-refractivity contribution in [2.24, 2.45) is 4.99 Å². The first-order valence-electron chi connectivity index (χ1n) is 7.08. The summed E-state index contributed by atoms with van der Waals surface area (Å²) < 4.78 is 20.9. The minimum absolute atomic E-state index is 0.246. The van der Waals surface area contributed by atoms with Crippen molar-refractivity contribution in [3.05, 3.63) is 58.6 Å². The van der Waals surface area contributed by atoms with Crippen LogP contribution in [0.4, 0.5) is 4.39 Å². The summed E-state index contributed by atoms with van der Waals surface area (Å²) in [6, 6.07) is 11.1. The molecule has 3 aromatic rings. The molecule has 24 heavy (non-hydrogen) atoms. The Balaban J connectivity index is 2.13. The number of halogens is 1. The molecule has 0 spiro atoms. The van der Waals surface area contributed by atoms with E-state index in [0.717, 1.165) is 5.52 Å². The Labute approximate surface area is 141 Å². The molecule has 4 nitrogen and oxygen atoms in total. The molecule has 0 bridgehead atoms. The lowest BCUT2D eigenvalue weighted by atomic mass is 10.2. The van der Waals surface area contributed by atoms with Crippen LogP contribution in [0, 0.1) is 18.2 Å². The van der Waals surface area contributed by atoms with Gasteiger partial charge in [-0.15, -0.1) is 6.42 Å². The summed E-state index contributed by atoms with van der Waals surface area (Å²) in [7, 11) is 1.53. The van der Waals surface area contributed by atoms with Gasteiger partial charge in [0, 0.05) is 5.56 Å². The molecule has 0 saturated heterocycles. The molecular weight excluding hydrogens is 327 g/mol. The number of amides is 1. The number of thiazole rings is 1. The third-order valence-corrected chi connectivity index (χ3v) is 4.45. The predicted octanol–water partition coefficient (Wildman–Crippen LogP) is 3.22. The average Bonchev–Trinajstić information content (AvgIpc) is 2.91. The van der Waals surface area contributed by atoms with Gasteiger partial charge in [-0.3, -0.25) is 4.79 Å². The van der Waals surface area contributed by atoms with E-state index in [1.807, 2.05) is 0 Å². The molecule has 2 aromatic carbocycles. The zero-order chi connectivity index (χ0) is 17.1. The van der Waals surface area contributed by atoms with E-state index in [2.05, 4.69) is 10.9 Å². The smallest absolute Gasteiger partial charge is 0.279 e. The van der Waals surface area contributed by atoms with E-state index in [0.29, 0.717) is 20.8 Å². The number of aromatic nitrogens is 1. The van der Waals surface area contributed by atoms with Crippen molar-refractivity contribution in [1.82, 2.24) is 4.57 Å². The Morgan fingerprint density at radius 1 is 1.38 bits per heavy atom. The van der Waals surface area contributed by atoms with E-state index in [-0.39, 0.29) is 12.4 Å². The molecule has 1 heterocycles. The molecule has 0 fully saturated rings. The summed E-state index contributed by atoms with van der Waals surface area (Å²) in [6.45, 7) is 0.246. The van der Waals surface area contributed by atoms with Crippen LogP contribution in [0.5, 0.6) is 5.75 Å². The summed E-state index contributed by atoms with van der Waals surface area (Å²) in [6.07, 6.45) is 5.41. The quantitative estimate of drug-likeness (QED) is 0.687. The third-order valence-electron chi connectivity index (χ3n) is 3.41. The summed E-state index contributed by atoms with van der Waals surface area (Å²) in [4.78, 5) is 17.0. The number of carbonyl (C=O) groups excluding carboxylic acids is 1. The number of hydrogen-bond acceptors (Lipinski definition) is 3. The molecular formula is C18H13FN2O2S. The first-order valence-corrected chi connectivity index (χ1v) is 7.89. The van der Waals surface area contributed by atoms with Gasteiger partial charge in [-0.05, 0) is 36.4 Å². The van der Waals surface area contributed by atoms with Crippen molar-refractivity contribution in [1.29, 1.82) is 0 Å². The van der Waals surface area contributed by atoms with E-state index < -0.39 is 5.91 Å². The Morgan fingerprint density at radius 3 is 2.96 bits per heavy atom. The molecule has 0 atom stereocenters. The van der Waals surface area contributed by atoms with Crippen LogP contribution in [-0.2, 0) is 6.54 Å². The molecule has 1 aromatic heterocycles. The van der Waals surface area contributed by atoms with Crippen LogP contribution in [0.15, 0.2) is 47.5 Å². The highest BCUT2D eigenvalue weighted by molar-refractivity contribution is 7.16. The number of hydrogen-bond donors (Lipinski definition) is 0. The normalized spacial score (nSPS) is 11.5. The van der Waals surface area contributed by atoms with Gasteiger partial charge in [0.25, 0.3) is 5.91 Å². The first kappa shape index (κ1) is 16.0. The molecule has 0 aliphatic heterocycles. The summed E-state index contributed by atoms with van der Waals surface area (Å²) in [5.74, 6) is 2.35. The Morgan fingerprint density at radius 2 is 2.21 bits per heavy atom. The summed E-state index contributed by atoms with van der Waals surface area (Å²) in [5.41, 5.74) is 1.15. The van der Waals surface area contributed by atoms with Crippen LogP contribution in [0.25, 0.3) is 10.2 Å². The number of rotatable bonds is 3. The van der Waals surface area contributed by atoms with Gasteiger partial charge >= 0.3 is 0 Å². The molecule has 0 N–H and O–H groups in total. The van der Waals surface area contributed by atoms with Gasteiger partial charge in [-0.25, -0.2) is 4.39 Å². The van der Waals surface area contributed by atoms with Crippen molar-refractivity contribution >= 4 is 27.5 Å². The highest BCUT2D eigenvalue weighted by Gasteiger charge is 2.10. The van der Waals surface area contributed by atoms with Crippen molar-refractivity contribution in [3.8, 4) is 18.1 Å². The van der Waals surface area contributed by atoms with Crippen molar-refractivity contribution in [2.75, 3.05) is 7.11 Å². The summed E-state index contributed by atoms with van der Waals surface area (Å²) in [5, 5.41) is 0. The topological polar surface area (TPSA) is 43.6 Å². The maximum atomic E-state index is 13.4. The molecule has 0 aliphatic rings. The number of terminal acetylenes is 1. The summed E-state index contributed by atoms with van der Waals surface area (Å²) >= 11 is 1.22. The Bertz CT molecular complexity index is 1030. The fourth-order valence-corrected chi connectivity index (χ4v) is 3.34. The number of carbonyl (C=O) groups is 1.